The maximum absolute atomic E-state index is 7.31. The van der Waals surface area contributed by atoms with Gasteiger partial charge >= 0.3 is 0 Å². The third kappa shape index (κ3) is 3.90. The summed E-state index contributed by atoms with van der Waals surface area (Å²) in [7, 11) is 0. The highest BCUT2D eigenvalue weighted by molar-refractivity contribution is 5.96. The van der Waals surface area contributed by atoms with Gasteiger partial charge in [0.25, 0.3) is 0 Å². The first-order valence-corrected chi connectivity index (χ1v) is 6.24. The normalized spacial score (nSPS) is 10.5. The van der Waals surface area contributed by atoms with E-state index in [0.717, 1.165) is 11.3 Å². The van der Waals surface area contributed by atoms with Crippen molar-refractivity contribution in [3.8, 4) is 0 Å². The fraction of sp³-hybridized carbons (Fsp3) is 0. The molecule has 0 aliphatic rings. The van der Waals surface area contributed by atoms with Gasteiger partial charge in [-0.1, -0.05) is 24.3 Å². The number of hydrogen-bond donors (Lipinski definition) is 5. The van der Waals surface area contributed by atoms with Crippen LogP contribution in [0.2, 0.25) is 0 Å². The summed E-state index contributed by atoms with van der Waals surface area (Å²) >= 11 is 0. The van der Waals surface area contributed by atoms with Gasteiger partial charge in [0.1, 0.15) is 11.7 Å². The lowest BCUT2D eigenvalue weighted by Gasteiger charge is -2.02. The molecule has 6 nitrogen and oxygen atoms in total. The molecule has 0 aliphatic carbocycles. The summed E-state index contributed by atoms with van der Waals surface area (Å²) in [6, 6.07) is 14.3. The van der Waals surface area contributed by atoms with Gasteiger partial charge in [-0.25, -0.2) is 0 Å². The van der Waals surface area contributed by atoms with Crippen molar-refractivity contribution in [3.63, 3.8) is 0 Å². The van der Waals surface area contributed by atoms with Crippen LogP contribution in [-0.2, 0) is 0 Å². The molecule has 0 amide bonds. The Morgan fingerprint density at radius 3 is 1.81 bits per heavy atom. The van der Waals surface area contributed by atoms with E-state index in [1.54, 1.807) is 42.6 Å². The first-order chi connectivity index (χ1) is 10.1. The number of nitrogen functional groups attached to an aromatic ring is 2. The predicted octanol–water partition coefficient (Wildman–Crippen LogP) is 1.70. The van der Waals surface area contributed by atoms with Crippen molar-refractivity contribution in [2.24, 2.45) is 16.6 Å². The van der Waals surface area contributed by atoms with Gasteiger partial charge in [0, 0.05) is 11.1 Å². The highest BCUT2D eigenvalue weighted by Crippen LogP contribution is 2.09. The molecule has 2 aromatic carbocycles. The lowest BCUT2D eigenvalue weighted by atomic mass is 10.1. The highest BCUT2D eigenvalue weighted by atomic mass is 15.3. The van der Waals surface area contributed by atoms with E-state index >= 15 is 0 Å². The van der Waals surface area contributed by atoms with Crippen LogP contribution in [0.4, 0.5) is 5.69 Å². The molecule has 0 saturated carbocycles. The zero-order chi connectivity index (χ0) is 15.2. The fourth-order valence-electron chi connectivity index (χ4n) is 1.65. The molecule has 0 radical (unpaired) electrons. The third-order valence-electron chi connectivity index (χ3n) is 2.82. The van der Waals surface area contributed by atoms with E-state index in [1.165, 1.54) is 0 Å². The Hall–Kier alpha value is -3.15. The van der Waals surface area contributed by atoms with E-state index in [4.69, 9.17) is 22.3 Å². The smallest absolute Gasteiger partial charge is 0.122 e. The van der Waals surface area contributed by atoms with Crippen LogP contribution >= 0.6 is 0 Å². The number of anilines is 1. The van der Waals surface area contributed by atoms with Gasteiger partial charge in [-0.05, 0) is 29.8 Å². The second kappa shape index (κ2) is 6.33. The van der Waals surface area contributed by atoms with Gasteiger partial charge in [-0.3, -0.25) is 16.2 Å². The highest BCUT2D eigenvalue weighted by Gasteiger charge is 1.96. The molecule has 0 aliphatic heterocycles. The van der Waals surface area contributed by atoms with Crippen LogP contribution in [0.15, 0.2) is 53.6 Å². The average molecular weight is 280 g/mol. The van der Waals surface area contributed by atoms with Crippen molar-refractivity contribution >= 4 is 23.6 Å². The van der Waals surface area contributed by atoms with Crippen molar-refractivity contribution in [2.75, 3.05) is 5.43 Å². The summed E-state index contributed by atoms with van der Waals surface area (Å²) in [6.07, 6.45) is 1.67. The number of benzene rings is 2. The van der Waals surface area contributed by atoms with Crippen LogP contribution in [0.5, 0.6) is 0 Å². The number of rotatable bonds is 5. The molecule has 2 aromatic rings. The van der Waals surface area contributed by atoms with E-state index in [1.807, 2.05) is 12.1 Å². The van der Waals surface area contributed by atoms with E-state index in [2.05, 4.69) is 10.5 Å². The van der Waals surface area contributed by atoms with E-state index in [0.29, 0.717) is 11.1 Å². The Morgan fingerprint density at radius 2 is 1.33 bits per heavy atom. The van der Waals surface area contributed by atoms with E-state index in [-0.39, 0.29) is 11.7 Å². The number of nitrogens with zero attached hydrogens (tertiary/aromatic N) is 1. The van der Waals surface area contributed by atoms with Crippen molar-refractivity contribution in [3.05, 3.63) is 65.2 Å². The van der Waals surface area contributed by atoms with Crippen LogP contribution in [0.3, 0.4) is 0 Å². The second-order valence-electron chi connectivity index (χ2n) is 4.40. The monoisotopic (exact) mass is 280 g/mol. The number of nitrogens with two attached hydrogens (primary N) is 2. The number of amidine groups is 2. The van der Waals surface area contributed by atoms with E-state index < -0.39 is 0 Å². The molecular formula is C15H16N6. The molecule has 0 heterocycles. The van der Waals surface area contributed by atoms with Gasteiger partial charge in [0.2, 0.25) is 0 Å². The zero-order valence-electron chi connectivity index (χ0n) is 11.3. The number of nitrogens with one attached hydrogen (secondary N) is 3. The van der Waals surface area contributed by atoms with Gasteiger partial charge in [0.05, 0.1) is 11.9 Å². The average Bonchev–Trinajstić information content (AvgIpc) is 2.48. The quantitative estimate of drug-likeness (QED) is 0.325. The molecule has 0 bridgehead atoms. The number of hydrogen-bond acceptors (Lipinski definition) is 4. The molecule has 0 aromatic heterocycles. The van der Waals surface area contributed by atoms with Crippen LogP contribution in [-0.4, -0.2) is 17.9 Å². The van der Waals surface area contributed by atoms with Crippen LogP contribution in [0.1, 0.15) is 16.7 Å². The summed E-state index contributed by atoms with van der Waals surface area (Å²) in [5, 5.41) is 18.7. The molecule has 0 unspecified atom stereocenters. The summed E-state index contributed by atoms with van der Waals surface area (Å²) in [5.41, 5.74) is 16.7. The van der Waals surface area contributed by atoms with Crippen molar-refractivity contribution in [1.82, 2.24) is 0 Å². The van der Waals surface area contributed by atoms with Gasteiger partial charge < -0.3 is 11.5 Å². The molecule has 0 spiro atoms. The summed E-state index contributed by atoms with van der Waals surface area (Å²) in [6.45, 7) is 0. The van der Waals surface area contributed by atoms with Gasteiger partial charge in [-0.15, -0.1) is 0 Å². The topological polar surface area (TPSA) is 124 Å². The number of hydrazone groups is 1. The molecule has 7 N–H and O–H groups in total. The first-order valence-electron chi connectivity index (χ1n) is 6.24. The molecule has 21 heavy (non-hydrogen) atoms. The van der Waals surface area contributed by atoms with Gasteiger partial charge in [-0.2, -0.15) is 5.10 Å². The maximum atomic E-state index is 7.31. The van der Waals surface area contributed by atoms with Crippen LogP contribution in [0, 0.1) is 10.8 Å². The molecular weight excluding hydrogens is 264 g/mol. The second-order valence-corrected chi connectivity index (χ2v) is 4.40. The van der Waals surface area contributed by atoms with Crippen molar-refractivity contribution in [2.45, 2.75) is 0 Å². The Labute approximate surface area is 122 Å². The minimum Gasteiger partial charge on any atom is -0.384 e. The fourth-order valence-corrected chi connectivity index (χ4v) is 1.65. The largest absolute Gasteiger partial charge is 0.384 e. The standard InChI is InChI=1S/C15H16N6/c16-14(17)11-3-1-10(2-4-11)9-20-21-13-7-5-12(6-8-13)15(18)19/h1-9,21H,(H3,16,17)(H3,18,19). The lowest BCUT2D eigenvalue weighted by Crippen LogP contribution is -2.10. The Morgan fingerprint density at radius 1 is 0.857 bits per heavy atom. The molecule has 0 atom stereocenters. The molecule has 6 heteroatoms. The summed E-state index contributed by atoms with van der Waals surface area (Å²) in [4.78, 5) is 0. The predicted molar refractivity (Wildman–Crippen MR) is 86.1 cm³/mol. The Kier molecular flexibility index (Phi) is 4.30. The van der Waals surface area contributed by atoms with Crippen molar-refractivity contribution in [1.29, 1.82) is 10.8 Å². The first kappa shape index (κ1) is 14.3. The third-order valence-corrected chi connectivity index (χ3v) is 2.82. The van der Waals surface area contributed by atoms with Crippen LogP contribution in [0.25, 0.3) is 0 Å². The zero-order valence-corrected chi connectivity index (χ0v) is 11.3. The minimum atomic E-state index is 0.0376. The molecule has 2 rings (SSSR count). The molecule has 0 fully saturated rings. The Balaban J connectivity index is 1.98. The summed E-state index contributed by atoms with van der Waals surface area (Å²) < 4.78 is 0. The van der Waals surface area contributed by atoms with Gasteiger partial charge in [0.15, 0.2) is 0 Å². The summed E-state index contributed by atoms with van der Waals surface area (Å²) in [5.74, 6) is 0.0813. The van der Waals surface area contributed by atoms with Crippen molar-refractivity contribution < 1.29 is 0 Å². The van der Waals surface area contributed by atoms with Crippen LogP contribution < -0.4 is 16.9 Å². The minimum absolute atomic E-state index is 0.0376. The van der Waals surface area contributed by atoms with E-state index in [9.17, 15) is 0 Å². The lowest BCUT2D eigenvalue weighted by molar-refractivity contribution is 1.34. The maximum Gasteiger partial charge on any atom is 0.122 e. The molecule has 106 valence electrons. The SMILES string of the molecule is N=C(N)c1ccc(C=NNc2ccc(C(=N)N)cc2)cc1. The Bertz CT molecular complexity index is 670. The molecule has 0 saturated heterocycles.